The molecular weight excluding hydrogens is 524 g/mol. The van der Waals surface area contributed by atoms with Crippen molar-refractivity contribution in [3.05, 3.63) is 66.0 Å². The normalized spacial score (nSPS) is 18.9. The van der Waals surface area contributed by atoms with Gasteiger partial charge in [0.2, 0.25) is 5.91 Å². The lowest BCUT2D eigenvalue weighted by Gasteiger charge is -2.58. The molecule has 1 amide bonds. The van der Waals surface area contributed by atoms with Crippen LogP contribution in [0.1, 0.15) is 30.0 Å². The second-order valence-electron chi connectivity index (χ2n) is 8.62. The molecule has 4 rings (SSSR count). The highest BCUT2D eigenvalue weighted by atomic mass is 19.4. The average Bonchev–Trinajstić information content (AvgIpc) is 2.86. The van der Waals surface area contributed by atoms with Crippen molar-refractivity contribution < 1.29 is 50.9 Å². The molecule has 2 N–H and O–H groups in total. The summed E-state index contributed by atoms with van der Waals surface area (Å²) >= 11 is 0. The van der Waals surface area contributed by atoms with E-state index in [1.165, 1.54) is 11.1 Å². The van der Waals surface area contributed by atoms with Crippen LogP contribution in [-0.2, 0) is 20.9 Å². The fourth-order valence-corrected chi connectivity index (χ4v) is 4.41. The first kappa shape index (κ1) is 30.5. The highest BCUT2D eigenvalue weighted by molar-refractivity contribution is 5.90. The maximum Gasteiger partial charge on any atom is 0.490 e. The van der Waals surface area contributed by atoms with E-state index in [0.717, 1.165) is 32.5 Å². The number of carboxylic acids is 2. The maximum absolute atomic E-state index is 12.7. The van der Waals surface area contributed by atoms with Gasteiger partial charge < -0.3 is 15.1 Å². The topological polar surface area (TPSA) is 111 Å². The van der Waals surface area contributed by atoms with Crippen LogP contribution in [0.5, 0.6) is 0 Å². The third-order valence-electron chi connectivity index (χ3n) is 6.16. The van der Waals surface area contributed by atoms with Gasteiger partial charge in [0.15, 0.2) is 0 Å². The number of amides is 1. The number of β-lactam (4-membered cyclic amide) rings is 1. The van der Waals surface area contributed by atoms with E-state index in [1.807, 2.05) is 30.4 Å². The number of carboxylic acid groups (broad SMARTS) is 2. The quantitative estimate of drug-likeness (QED) is 0.437. The lowest BCUT2D eigenvalue weighted by atomic mass is 9.62. The maximum atomic E-state index is 12.7. The summed E-state index contributed by atoms with van der Waals surface area (Å²) in [6.07, 6.45) is -4.59. The van der Waals surface area contributed by atoms with Gasteiger partial charge >= 0.3 is 24.3 Å². The number of likely N-dealkylation sites (tertiary alicyclic amines) is 2. The number of hydrogen-bond acceptors (Lipinski definition) is 5. The Morgan fingerprint density at radius 1 is 0.921 bits per heavy atom. The van der Waals surface area contributed by atoms with Gasteiger partial charge in [0.05, 0.1) is 11.5 Å². The van der Waals surface area contributed by atoms with Gasteiger partial charge in [-0.2, -0.15) is 26.3 Å². The molecule has 1 aromatic heterocycles. The van der Waals surface area contributed by atoms with Gasteiger partial charge in [0, 0.05) is 26.0 Å². The van der Waals surface area contributed by atoms with Crippen LogP contribution in [0.25, 0.3) is 0 Å². The van der Waals surface area contributed by atoms with Gasteiger partial charge in [-0.25, -0.2) is 9.59 Å². The smallest absolute Gasteiger partial charge is 0.475 e. The molecule has 2 aliphatic rings. The summed E-state index contributed by atoms with van der Waals surface area (Å²) in [6.45, 7) is 2.90. The molecule has 0 aliphatic carbocycles. The molecule has 0 bridgehead atoms. The van der Waals surface area contributed by atoms with E-state index >= 15 is 0 Å². The fraction of sp³-hybridized carbons (Fsp3) is 0.417. The molecule has 14 heteroatoms. The number of rotatable bonds is 3. The number of benzene rings is 1. The van der Waals surface area contributed by atoms with Crippen LogP contribution in [0.3, 0.4) is 0 Å². The van der Waals surface area contributed by atoms with Crippen molar-refractivity contribution in [1.82, 2.24) is 14.8 Å². The van der Waals surface area contributed by atoms with E-state index < -0.39 is 24.3 Å². The zero-order valence-electron chi connectivity index (χ0n) is 20.0. The van der Waals surface area contributed by atoms with Crippen molar-refractivity contribution in [1.29, 1.82) is 0 Å². The van der Waals surface area contributed by atoms with Crippen LogP contribution in [0.15, 0.2) is 54.9 Å². The van der Waals surface area contributed by atoms with E-state index in [4.69, 9.17) is 19.8 Å². The molecule has 2 saturated heterocycles. The molecular formula is C24H25F6N3O5. The number of carbonyl (C=O) groups is 3. The molecule has 0 saturated carbocycles. The van der Waals surface area contributed by atoms with Gasteiger partial charge in [0.1, 0.15) is 0 Å². The molecule has 3 heterocycles. The second-order valence-corrected chi connectivity index (χ2v) is 8.62. The number of halogens is 6. The standard InChI is InChI=1S/C20H23N3O.2C2HF3O2/c1-22-18(17-5-3-2-4-6-17)20(19(22)24)9-13-23(14-10-20)15-16-7-11-21-12-8-16;2*3-2(4,5)1(6)7/h2-8,11-12,18H,9-10,13-15H2,1H3;2*(H,6,7). The third kappa shape index (κ3) is 7.66. The summed E-state index contributed by atoms with van der Waals surface area (Å²) in [5.74, 6) is -5.19. The van der Waals surface area contributed by atoms with Crippen LogP contribution >= 0.6 is 0 Å². The first-order valence-corrected chi connectivity index (χ1v) is 11.1. The van der Waals surface area contributed by atoms with Crippen molar-refractivity contribution in [3.63, 3.8) is 0 Å². The van der Waals surface area contributed by atoms with Crippen LogP contribution in [-0.4, -0.2) is 75.3 Å². The summed E-state index contributed by atoms with van der Waals surface area (Å²) in [4.78, 5) is 38.9. The third-order valence-corrected chi connectivity index (χ3v) is 6.16. The number of carbonyl (C=O) groups excluding carboxylic acids is 1. The summed E-state index contributed by atoms with van der Waals surface area (Å²) < 4.78 is 63.5. The van der Waals surface area contributed by atoms with Crippen molar-refractivity contribution >= 4 is 17.8 Å². The SMILES string of the molecule is CN1C(=O)C2(CCN(Cc3ccncc3)CC2)C1c1ccccc1.O=C(O)C(F)(F)F.O=C(O)C(F)(F)F. The minimum Gasteiger partial charge on any atom is -0.475 e. The Morgan fingerprint density at radius 2 is 1.37 bits per heavy atom. The predicted octanol–water partition coefficient (Wildman–Crippen LogP) is 4.14. The minimum atomic E-state index is -5.08. The highest BCUT2D eigenvalue weighted by Crippen LogP contribution is 2.55. The summed E-state index contributed by atoms with van der Waals surface area (Å²) in [5.41, 5.74) is 2.37. The van der Waals surface area contributed by atoms with E-state index in [1.54, 1.807) is 0 Å². The monoisotopic (exact) mass is 549 g/mol. The lowest BCUT2D eigenvalue weighted by molar-refractivity contribution is -0.193. The molecule has 1 atom stereocenters. The largest absolute Gasteiger partial charge is 0.490 e. The van der Waals surface area contributed by atoms with Crippen LogP contribution in [0.2, 0.25) is 0 Å². The van der Waals surface area contributed by atoms with Gasteiger partial charge in [-0.05, 0) is 49.2 Å². The van der Waals surface area contributed by atoms with Crippen LogP contribution in [0, 0.1) is 5.41 Å². The van der Waals surface area contributed by atoms with Gasteiger partial charge in [-0.1, -0.05) is 30.3 Å². The fourth-order valence-electron chi connectivity index (χ4n) is 4.41. The summed E-state index contributed by atoms with van der Waals surface area (Å²) in [6, 6.07) is 14.8. The number of nitrogens with zero attached hydrogens (tertiary/aromatic N) is 3. The van der Waals surface area contributed by atoms with E-state index in [9.17, 15) is 31.1 Å². The Balaban J connectivity index is 0.000000301. The Hall–Kier alpha value is -3.68. The Labute approximate surface area is 213 Å². The van der Waals surface area contributed by atoms with Crippen molar-refractivity contribution in [3.8, 4) is 0 Å². The first-order chi connectivity index (χ1) is 17.6. The molecule has 0 radical (unpaired) electrons. The summed E-state index contributed by atoms with van der Waals surface area (Å²) in [5, 5.41) is 14.2. The second kappa shape index (κ2) is 12.2. The van der Waals surface area contributed by atoms with E-state index in [-0.39, 0.29) is 11.5 Å². The van der Waals surface area contributed by atoms with Gasteiger partial charge in [0.25, 0.3) is 0 Å². The molecule has 8 nitrogen and oxygen atoms in total. The molecule has 208 valence electrons. The Bertz CT molecular complexity index is 1060. The van der Waals surface area contributed by atoms with E-state index in [2.05, 4.69) is 46.3 Å². The van der Waals surface area contributed by atoms with Crippen molar-refractivity contribution in [2.24, 2.45) is 5.41 Å². The predicted molar refractivity (Wildman–Crippen MR) is 121 cm³/mol. The van der Waals surface area contributed by atoms with E-state index in [0.29, 0.717) is 5.91 Å². The molecule has 2 fully saturated rings. The number of piperidine rings is 1. The molecule has 1 spiro atoms. The lowest BCUT2D eigenvalue weighted by Crippen LogP contribution is -2.64. The zero-order valence-corrected chi connectivity index (χ0v) is 20.0. The highest BCUT2D eigenvalue weighted by Gasteiger charge is 2.59. The van der Waals surface area contributed by atoms with Crippen LogP contribution < -0.4 is 0 Å². The number of hydrogen-bond donors (Lipinski definition) is 2. The van der Waals surface area contributed by atoms with Crippen LogP contribution in [0.4, 0.5) is 26.3 Å². The molecule has 2 aromatic rings. The van der Waals surface area contributed by atoms with Crippen molar-refractivity contribution in [2.75, 3.05) is 20.1 Å². The number of aliphatic carboxylic acids is 2. The summed E-state index contributed by atoms with van der Waals surface area (Å²) in [7, 11) is 1.94. The van der Waals surface area contributed by atoms with Gasteiger partial charge in [-0.15, -0.1) is 0 Å². The van der Waals surface area contributed by atoms with Crippen molar-refractivity contribution in [2.45, 2.75) is 37.8 Å². The molecule has 1 aromatic carbocycles. The number of aromatic nitrogens is 1. The van der Waals surface area contributed by atoms with Gasteiger partial charge in [-0.3, -0.25) is 14.7 Å². The Morgan fingerprint density at radius 3 is 1.79 bits per heavy atom. The number of pyridine rings is 1. The molecule has 38 heavy (non-hydrogen) atoms. The minimum absolute atomic E-state index is 0.190. The molecule has 1 unspecified atom stereocenters. The first-order valence-electron chi connectivity index (χ1n) is 11.1. The zero-order chi connectivity index (χ0) is 28.7. The Kier molecular flexibility index (Phi) is 9.84. The molecule has 2 aliphatic heterocycles. The number of alkyl halides is 6. The average molecular weight is 549 g/mol.